The van der Waals surface area contributed by atoms with Crippen LogP contribution in [0.1, 0.15) is 17.5 Å². The molecule has 1 amide bonds. The predicted octanol–water partition coefficient (Wildman–Crippen LogP) is 1.54. The zero-order valence-electron chi connectivity index (χ0n) is 8.50. The number of rotatable bonds is 1. The number of anilines is 1. The van der Waals surface area contributed by atoms with Crippen molar-refractivity contribution in [3.05, 3.63) is 29.3 Å². The van der Waals surface area contributed by atoms with E-state index in [0.717, 1.165) is 17.8 Å². The maximum atomic E-state index is 11.5. The highest BCUT2D eigenvalue weighted by Crippen LogP contribution is 2.22. The Morgan fingerprint density at radius 2 is 2.14 bits per heavy atom. The van der Waals surface area contributed by atoms with Crippen molar-refractivity contribution in [3.8, 4) is 0 Å². The van der Waals surface area contributed by atoms with Crippen molar-refractivity contribution in [2.24, 2.45) is 0 Å². The van der Waals surface area contributed by atoms with Crippen molar-refractivity contribution < 1.29 is 4.79 Å². The fraction of sp³-hybridized carbons (Fsp3) is 0.364. The third kappa shape index (κ3) is 1.51. The first kappa shape index (κ1) is 9.21. The highest BCUT2D eigenvalue weighted by atomic mass is 16.2. The molecule has 0 aromatic heterocycles. The van der Waals surface area contributed by atoms with E-state index in [2.05, 4.69) is 11.5 Å². The van der Waals surface area contributed by atoms with E-state index >= 15 is 0 Å². The molecule has 0 bridgehead atoms. The lowest BCUT2D eigenvalue weighted by Gasteiger charge is -2.18. The van der Waals surface area contributed by atoms with Crippen LogP contribution in [0.25, 0.3) is 0 Å². The maximum absolute atomic E-state index is 11.5. The fourth-order valence-electron chi connectivity index (χ4n) is 1.65. The first-order valence-corrected chi connectivity index (χ1v) is 4.82. The van der Waals surface area contributed by atoms with Gasteiger partial charge in [0.25, 0.3) is 0 Å². The van der Waals surface area contributed by atoms with Gasteiger partial charge in [-0.1, -0.05) is 12.1 Å². The molecule has 0 unspecified atom stereocenters. The van der Waals surface area contributed by atoms with E-state index in [-0.39, 0.29) is 5.91 Å². The number of benzene rings is 1. The Balaban J connectivity index is 2.39. The average molecular weight is 190 g/mol. The van der Waals surface area contributed by atoms with Crippen molar-refractivity contribution >= 4 is 11.6 Å². The number of nitrogens with one attached hydrogen (secondary N) is 1. The van der Waals surface area contributed by atoms with Crippen LogP contribution in [0.5, 0.6) is 0 Å². The van der Waals surface area contributed by atoms with Crippen LogP contribution < -0.4 is 10.4 Å². The second-order valence-corrected chi connectivity index (χ2v) is 3.68. The lowest BCUT2D eigenvalue weighted by Crippen LogP contribution is -2.34. The van der Waals surface area contributed by atoms with E-state index in [1.807, 2.05) is 26.0 Å². The minimum Gasteiger partial charge on any atom is -0.273 e. The molecule has 1 saturated heterocycles. The van der Waals surface area contributed by atoms with E-state index in [0.29, 0.717) is 6.42 Å². The molecule has 2 rings (SSSR count). The smallest absolute Gasteiger partial charge is 0.242 e. The number of hydrazine groups is 1. The summed E-state index contributed by atoms with van der Waals surface area (Å²) < 4.78 is 0. The summed E-state index contributed by atoms with van der Waals surface area (Å²) in [7, 11) is 0. The van der Waals surface area contributed by atoms with Crippen molar-refractivity contribution in [1.82, 2.24) is 5.43 Å². The topological polar surface area (TPSA) is 32.3 Å². The fourth-order valence-corrected chi connectivity index (χ4v) is 1.65. The van der Waals surface area contributed by atoms with Gasteiger partial charge in [-0.2, -0.15) is 0 Å². The number of carbonyl (C=O) groups excluding carboxylic acids is 1. The number of nitrogens with zero attached hydrogens (tertiary/aromatic N) is 1. The van der Waals surface area contributed by atoms with Gasteiger partial charge in [0.15, 0.2) is 0 Å². The molecule has 1 aliphatic rings. The van der Waals surface area contributed by atoms with Crippen LogP contribution in [0.2, 0.25) is 0 Å². The van der Waals surface area contributed by atoms with Crippen LogP contribution in [0, 0.1) is 13.8 Å². The van der Waals surface area contributed by atoms with Crippen LogP contribution in [0.3, 0.4) is 0 Å². The molecule has 1 fully saturated rings. The van der Waals surface area contributed by atoms with Gasteiger partial charge in [-0.05, 0) is 31.0 Å². The van der Waals surface area contributed by atoms with Gasteiger partial charge in [0.2, 0.25) is 5.91 Å². The van der Waals surface area contributed by atoms with Gasteiger partial charge in [0.05, 0.1) is 5.69 Å². The van der Waals surface area contributed by atoms with E-state index in [1.54, 1.807) is 5.01 Å². The molecular formula is C11H14N2O. The molecule has 74 valence electrons. The van der Waals surface area contributed by atoms with Crippen molar-refractivity contribution in [1.29, 1.82) is 0 Å². The van der Waals surface area contributed by atoms with Crippen LogP contribution in [0.4, 0.5) is 5.69 Å². The third-order valence-electron chi connectivity index (χ3n) is 2.46. The lowest BCUT2D eigenvalue weighted by atomic mass is 10.1. The largest absolute Gasteiger partial charge is 0.273 e. The first-order chi connectivity index (χ1) is 6.68. The van der Waals surface area contributed by atoms with Gasteiger partial charge in [0.1, 0.15) is 0 Å². The number of aryl methyl sites for hydroxylation is 2. The predicted molar refractivity (Wildman–Crippen MR) is 56.0 cm³/mol. The highest BCUT2D eigenvalue weighted by molar-refractivity contribution is 5.95. The summed E-state index contributed by atoms with van der Waals surface area (Å²) in [4.78, 5) is 11.5. The van der Waals surface area contributed by atoms with Crippen molar-refractivity contribution in [3.63, 3.8) is 0 Å². The summed E-state index contributed by atoms with van der Waals surface area (Å²) in [5.41, 5.74) is 6.35. The number of amides is 1. The van der Waals surface area contributed by atoms with E-state index in [1.165, 1.54) is 5.56 Å². The van der Waals surface area contributed by atoms with Crippen molar-refractivity contribution in [2.75, 3.05) is 11.6 Å². The SMILES string of the molecule is Cc1ccc(C)c(N2NCCC2=O)c1. The average Bonchev–Trinajstić information content (AvgIpc) is 2.56. The molecule has 1 heterocycles. The van der Waals surface area contributed by atoms with E-state index < -0.39 is 0 Å². The Labute approximate surface area is 83.7 Å². The standard InChI is InChI=1S/C11H14N2O/c1-8-3-4-9(2)10(7-8)13-11(14)5-6-12-13/h3-4,7,12H,5-6H2,1-2H3. The number of carbonyl (C=O) groups is 1. The third-order valence-corrected chi connectivity index (χ3v) is 2.46. The molecule has 0 saturated carbocycles. The Kier molecular flexibility index (Phi) is 2.25. The molecule has 0 aliphatic carbocycles. The molecule has 3 heteroatoms. The Morgan fingerprint density at radius 3 is 2.79 bits per heavy atom. The molecule has 1 aromatic rings. The lowest BCUT2D eigenvalue weighted by molar-refractivity contribution is -0.117. The van der Waals surface area contributed by atoms with Gasteiger partial charge < -0.3 is 0 Å². The van der Waals surface area contributed by atoms with Crippen LogP contribution >= 0.6 is 0 Å². The zero-order chi connectivity index (χ0) is 10.1. The molecule has 14 heavy (non-hydrogen) atoms. The summed E-state index contributed by atoms with van der Waals surface area (Å²) >= 11 is 0. The van der Waals surface area contributed by atoms with E-state index in [9.17, 15) is 4.79 Å². The summed E-state index contributed by atoms with van der Waals surface area (Å²) in [6.07, 6.45) is 0.591. The molecular weight excluding hydrogens is 176 g/mol. The minimum atomic E-state index is 0.152. The molecule has 3 nitrogen and oxygen atoms in total. The quantitative estimate of drug-likeness (QED) is 0.728. The summed E-state index contributed by atoms with van der Waals surface area (Å²) in [5.74, 6) is 0.152. The normalized spacial score (nSPS) is 16.4. The van der Waals surface area contributed by atoms with E-state index in [4.69, 9.17) is 0 Å². The summed E-state index contributed by atoms with van der Waals surface area (Å²) in [5, 5.41) is 1.66. The second-order valence-electron chi connectivity index (χ2n) is 3.68. The Bertz CT molecular complexity index is 374. The molecule has 0 radical (unpaired) electrons. The number of hydrogen-bond donors (Lipinski definition) is 1. The Hall–Kier alpha value is -1.35. The van der Waals surface area contributed by atoms with Crippen LogP contribution in [-0.2, 0) is 4.79 Å². The van der Waals surface area contributed by atoms with Gasteiger partial charge in [-0.25, -0.2) is 10.4 Å². The summed E-state index contributed by atoms with van der Waals surface area (Å²) in [6.45, 7) is 4.79. The molecule has 1 aliphatic heterocycles. The van der Waals surface area contributed by atoms with Gasteiger partial charge in [-0.15, -0.1) is 0 Å². The highest BCUT2D eigenvalue weighted by Gasteiger charge is 2.22. The minimum absolute atomic E-state index is 0.152. The number of hydrogen-bond acceptors (Lipinski definition) is 2. The van der Waals surface area contributed by atoms with Gasteiger partial charge in [0, 0.05) is 13.0 Å². The van der Waals surface area contributed by atoms with Gasteiger partial charge in [-0.3, -0.25) is 4.79 Å². The monoisotopic (exact) mass is 190 g/mol. The zero-order valence-corrected chi connectivity index (χ0v) is 8.50. The Morgan fingerprint density at radius 1 is 1.36 bits per heavy atom. The summed E-state index contributed by atoms with van der Waals surface area (Å²) in [6, 6.07) is 6.13. The van der Waals surface area contributed by atoms with Crippen LogP contribution in [0.15, 0.2) is 18.2 Å². The van der Waals surface area contributed by atoms with Gasteiger partial charge >= 0.3 is 0 Å². The second kappa shape index (κ2) is 3.42. The maximum Gasteiger partial charge on any atom is 0.242 e. The molecule has 0 atom stereocenters. The molecule has 0 spiro atoms. The molecule has 1 N–H and O–H groups in total. The first-order valence-electron chi connectivity index (χ1n) is 4.82. The van der Waals surface area contributed by atoms with Crippen molar-refractivity contribution in [2.45, 2.75) is 20.3 Å². The van der Waals surface area contributed by atoms with Crippen LogP contribution in [-0.4, -0.2) is 12.5 Å². The molecule has 1 aromatic carbocycles.